The van der Waals surface area contributed by atoms with Crippen molar-refractivity contribution in [2.24, 2.45) is 0 Å². The molecule has 7 nitrogen and oxygen atoms in total. The molecule has 3 N–H and O–H groups in total. The van der Waals surface area contributed by atoms with Gasteiger partial charge >= 0.3 is 5.97 Å². The summed E-state index contributed by atoms with van der Waals surface area (Å²) in [5.41, 5.74) is 0.461. The third kappa shape index (κ3) is 4.33. The van der Waals surface area contributed by atoms with Crippen molar-refractivity contribution in [2.75, 3.05) is 25.6 Å². The molecule has 0 aliphatic heterocycles. The second-order valence-corrected chi connectivity index (χ2v) is 3.51. The monoisotopic (exact) mass is 241 g/mol. The molecule has 0 aliphatic carbocycles. The van der Waals surface area contributed by atoms with Crippen LogP contribution in [0.5, 0.6) is 0 Å². The highest BCUT2D eigenvalue weighted by Crippen LogP contribution is 2.05. The number of nitrogens with zero attached hydrogens (tertiary/aromatic N) is 2. The summed E-state index contributed by atoms with van der Waals surface area (Å²) < 4.78 is 4.75. The Labute approximate surface area is 98.5 Å². The van der Waals surface area contributed by atoms with Crippen LogP contribution in [0.1, 0.15) is 16.2 Å². The van der Waals surface area contributed by atoms with E-state index < -0.39 is 12.1 Å². The van der Waals surface area contributed by atoms with Crippen LogP contribution in [0.25, 0.3) is 0 Å². The number of carbonyl (C=O) groups is 1. The van der Waals surface area contributed by atoms with Gasteiger partial charge in [-0.3, -0.25) is 0 Å². The first-order chi connectivity index (χ1) is 8.02. The summed E-state index contributed by atoms with van der Waals surface area (Å²) in [7, 11) is 1.48. The number of carboxylic acid groups (broad SMARTS) is 1. The van der Waals surface area contributed by atoms with E-state index in [9.17, 15) is 9.90 Å². The Hall–Kier alpha value is -1.73. The Morgan fingerprint density at radius 2 is 2.29 bits per heavy atom. The standard InChI is InChI=1S/C10H15N3O4/c1-6-3-8(9(15)16)13-10(12-6)11-4-7(14)5-17-2/h3,7,14H,4-5H2,1-2H3,(H,15,16)(H,11,12,13). The number of carboxylic acids is 1. The van der Waals surface area contributed by atoms with Crippen LogP contribution in [-0.2, 0) is 4.74 Å². The Kier molecular flexibility index (Phi) is 4.80. The Morgan fingerprint density at radius 1 is 1.59 bits per heavy atom. The first-order valence-corrected chi connectivity index (χ1v) is 5.02. The molecule has 0 saturated carbocycles. The summed E-state index contributed by atoms with van der Waals surface area (Å²) in [6, 6.07) is 1.37. The fourth-order valence-corrected chi connectivity index (χ4v) is 1.22. The minimum absolute atomic E-state index is 0.0822. The molecule has 0 bridgehead atoms. The van der Waals surface area contributed by atoms with Crippen molar-refractivity contribution in [3.63, 3.8) is 0 Å². The van der Waals surface area contributed by atoms with Gasteiger partial charge in [0, 0.05) is 19.3 Å². The van der Waals surface area contributed by atoms with Crippen LogP contribution >= 0.6 is 0 Å². The summed E-state index contributed by atoms with van der Waals surface area (Å²) in [5, 5.41) is 21.0. The predicted molar refractivity (Wildman–Crippen MR) is 60.1 cm³/mol. The summed E-state index contributed by atoms with van der Waals surface area (Å²) in [4.78, 5) is 18.6. The maximum absolute atomic E-state index is 10.8. The third-order valence-corrected chi connectivity index (χ3v) is 1.93. The number of aryl methyl sites for hydroxylation is 1. The number of aliphatic hydroxyl groups excluding tert-OH is 1. The second kappa shape index (κ2) is 6.12. The zero-order chi connectivity index (χ0) is 12.8. The maximum Gasteiger partial charge on any atom is 0.354 e. The van der Waals surface area contributed by atoms with Gasteiger partial charge in [0.15, 0.2) is 5.69 Å². The lowest BCUT2D eigenvalue weighted by molar-refractivity contribution is 0.0690. The number of anilines is 1. The van der Waals surface area contributed by atoms with Gasteiger partial charge in [0.25, 0.3) is 0 Å². The summed E-state index contributed by atoms with van der Waals surface area (Å²) in [6.07, 6.45) is -0.697. The molecule has 94 valence electrons. The number of hydrogen-bond acceptors (Lipinski definition) is 6. The number of hydrogen-bond donors (Lipinski definition) is 3. The van der Waals surface area contributed by atoms with Gasteiger partial charge in [0.05, 0.1) is 12.7 Å². The maximum atomic E-state index is 10.8. The van der Waals surface area contributed by atoms with E-state index in [2.05, 4.69) is 15.3 Å². The van der Waals surface area contributed by atoms with Gasteiger partial charge in [-0.25, -0.2) is 14.8 Å². The number of methoxy groups -OCH3 is 1. The average molecular weight is 241 g/mol. The highest BCUT2D eigenvalue weighted by molar-refractivity contribution is 5.85. The van der Waals surface area contributed by atoms with E-state index in [-0.39, 0.29) is 24.8 Å². The number of ether oxygens (including phenoxy) is 1. The van der Waals surface area contributed by atoms with Crippen LogP contribution in [0.4, 0.5) is 5.95 Å². The van der Waals surface area contributed by atoms with Gasteiger partial charge in [0.1, 0.15) is 0 Å². The quantitative estimate of drug-likeness (QED) is 0.638. The van der Waals surface area contributed by atoms with Crippen molar-refractivity contribution in [3.05, 3.63) is 17.5 Å². The normalized spacial score (nSPS) is 12.2. The SMILES string of the molecule is COCC(O)CNc1nc(C)cc(C(=O)O)n1. The topological polar surface area (TPSA) is 105 Å². The van der Waals surface area contributed by atoms with Crippen molar-refractivity contribution < 1.29 is 19.7 Å². The number of rotatable bonds is 6. The lowest BCUT2D eigenvalue weighted by Crippen LogP contribution is -2.25. The fourth-order valence-electron chi connectivity index (χ4n) is 1.22. The van der Waals surface area contributed by atoms with Crippen molar-refractivity contribution >= 4 is 11.9 Å². The molecule has 1 aromatic heterocycles. The zero-order valence-corrected chi connectivity index (χ0v) is 9.67. The second-order valence-electron chi connectivity index (χ2n) is 3.51. The van der Waals surface area contributed by atoms with Gasteiger partial charge < -0.3 is 20.3 Å². The molecule has 0 aliphatic rings. The molecular weight excluding hydrogens is 226 g/mol. The smallest absolute Gasteiger partial charge is 0.354 e. The van der Waals surface area contributed by atoms with Crippen LogP contribution in [0.2, 0.25) is 0 Å². The molecule has 1 aromatic rings. The van der Waals surface area contributed by atoms with Gasteiger partial charge in [0.2, 0.25) is 5.95 Å². The Balaban J connectivity index is 2.68. The minimum Gasteiger partial charge on any atom is -0.477 e. The molecule has 0 fully saturated rings. The van der Waals surface area contributed by atoms with E-state index in [0.29, 0.717) is 5.69 Å². The molecule has 0 saturated heterocycles. The number of nitrogens with one attached hydrogen (secondary N) is 1. The van der Waals surface area contributed by atoms with E-state index in [1.54, 1.807) is 6.92 Å². The molecule has 1 rings (SSSR count). The van der Waals surface area contributed by atoms with E-state index in [1.165, 1.54) is 13.2 Å². The van der Waals surface area contributed by atoms with Gasteiger partial charge in [-0.05, 0) is 13.0 Å². The molecule has 1 unspecified atom stereocenters. The number of aromatic carboxylic acids is 1. The van der Waals surface area contributed by atoms with Crippen molar-refractivity contribution in [3.8, 4) is 0 Å². The third-order valence-electron chi connectivity index (χ3n) is 1.93. The van der Waals surface area contributed by atoms with Crippen molar-refractivity contribution in [2.45, 2.75) is 13.0 Å². The first kappa shape index (κ1) is 13.3. The molecule has 0 amide bonds. The Morgan fingerprint density at radius 3 is 2.88 bits per heavy atom. The van der Waals surface area contributed by atoms with Crippen LogP contribution in [0, 0.1) is 6.92 Å². The Bertz CT molecular complexity index is 397. The van der Waals surface area contributed by atoms with E-state index in [1.807, 2.05) is 0 Å². The van der Waals surface area contributed by atoms with Crippen LogP contribution < -0.4 is 5.32 Å². The molecular formula is C10H15N3O4. The zero-order valence-electron chi connectivity index (χ0n) is 9.67. The van der Waals surface area contributed by atoms with E-state index in [4.69, 9.17) is 9.84 Å². The lowest BCUT2D eigenvalue weighted by Gasteiger charge is -2.11. The largest absolute Gasteiger partial charge is 0.477 e. The highest BCUT2D eigenvalue weighted by atomic mass is 16.5. The van der Waals surface area contributed by atoms with Crippen molar-refractivity contribution in [1.82, 2.24) is 9.97 Å². The average Bonchev–Trinajstić information content (AvgIpc) is 2.26. The fraction of sp³-hybridized carbons (Fsp3) is 0.500. The molecule has 1 heterocycles. The highest BCUT2D eigenvalue weighted by Gasteiger charge is 2.09. The molecule has 0 aromatic carbocycles. The lowest BCUT2D eigenvalue weighted by atomic mass is 10.3. The van der Waals surface area contributed by atoms with Crippen molar-refractivity contribution in [1.29, 1.82) is 0 Å². The number of aliphatic hydroxyl groups is 1. The molecule has 17 heavy (non-hydrogen) atoms. The van der Waals surface area contributed by atoms with Crippen LogP contribution in [-0.4, -0.2) is 52.5 Å². The minimum atomic E-state index is -1.11. The predicted octanol–water partition coefficient (Wildman–Crippen LogP) is -0.0976. The van der Waals surface area contributed by atoms with E-state index in [0.717, 1.165) is 0 Å². The first-order valence-electron chi connectivity index (χ1n) is 5.02. The molecule has 1 atom stereocenters. The van der Waals surface area contributed by atoms with Crippen LogP contribution in [0.15, 0.2) is 6.07 Å². The number of aromatic nitrogens is 2. The summed E-state index contributed by atoms with van der Waals surface area (Å²) in [5.74, 6) is -0.937. The van der Waals surface area contributed by atoms with Gasteiger partial charge in [-0.1, -0.05) is 0 Å². The molecule has 0 radical (unpaired) electrons. The van der Waals surface area contributed by atoms with E-state index >= 15 is 0 Å². The summed E-state index contributed by atoms with van der Waals surface area (Å²) >= 11 is 0. The van der Waals surface area contributed by atoms with Crippen LogP contribution in [0.3, 0.4) is 0 Å². The molecule has 7 heteroatoms. The van der Waals surface area contributed by atoms with Gasteiger partial charge in [-0.2, -0.15) is 0 Å². The van der Waals surface area contributed by atoms with Gasteiger partial charge in [-0.15, -0.1) is 0 Å². The molecule has 0 spiro atoms. The summed E-state index contributed by atoms with van der Waals surface area (Å²) in [6.45, 7) is 2.05.